The first kappa shape index (κ1) is 24.4. The molecule has 0 unspecified atom stereocenters. The number of rotatable bonds is 7. The fourth-order valence-electron chi connectivity index (χ4n) is 4.99. The third kappa shape index (κ3) is 5.34. The number of hydrogen-bond donors (Lipinski definition) is 2. The van der Waals surface area contributed by atoms with Crippen molar-refractivity contribution < 1.29 is 0 Å². The number of benzene rings is 2. The van der Waals surface area contributed by atoms with Gasteiger partial charge >= 0.3 is 0 Å². The Morgan fingerprint density at radius 3 is 2.74 bits per heavy atom. The van der Waals surface area contributed by atoms with Crippen LogP contribution in [0.25, 0.3) is 10.9 Å². The topological polar surface area (TPSA) is 51.4 Å². The molecule has 0 aliphatic carbocycles. The summed E-state index contributed by atoms with van der Waals surface area (Å²) in [6, 6.07) is 17.1. The Kier molecular flexibility index (Phi) is 7.69. The standard InChI is InChI=1S/C28H36N4OS/c1-5-31-15-9-12-25(31)18-32(28(34)29-21(4)22-10-7-6-8-11-22)17-24-16-23-14-13-19(2)20(3)26(23)30-27(24)33/h6-8,10-11,13-14,16,21,25H,5,9,12,15,17-18H2,1-4H3,(H,29,34)(H,30,33)/t21-,25-/m1/s1. The molecule has 34 heavy (non-hydrogen) atoms. The molecule has 2 aromatic carbocycles. The normalized spacial score (nSPS) is 17.1. The van der Waals surface area contributed by atoms with Crippen LogP contribution < -0.4 is 10.9 Å². The SMILES string of the molecule is CCN1CCC[C@@H]1CN(Cc1cc2ccc(C)c(C)c2[nH]c1=O)C(=S)N[C@H](C)c1ccccc1. The van der Waals surface area contributed by atoms with Crippen molar-refractivity contribution in [3.05, 3.63) is 81.1 Å². The van der Waals surface area contributed by atoms with Crippen LogP contribution in [-0.2, 0) is 6.54 Å². The van der Waals surface area contributed by atoms with E-state index in [0.29, 0.717) is 17.7 Å². The van der Waals surface area contributed by atoms with Gasteiger partial charge in [0.15, 0.2) is 5.11 Å². The molecule has 1 aliphatic heterocycles. The van der Waals surface area contributed by atoms with Gasteiger partial charge in [-0.05, 0) is 87.1 Å². The fourth-order valence-corrected chi connectivity index (χ4v) is 5.30. The largest absolute Gasteiger partial charge is 0.356 e. The van der Waals surface area contributed by atoms with Crippen LogP contribution in [0, 0.1) is 13.8 Å². The van der Waals surface area contributed by atoms with Crippen molar-refractivity contribution in [1.82, 2.24) is 20.1 Å². The van der Waals surface area contributed by atoms with Crippen LogP contribution in [0.4, 0.5) is 0 Å². The van der Waals surface area contributed by atoms with E-state index in [2.05, 4.69) is 72.1 Å². The molecule has 2 N–H and O–H groups in total. The van der Waals surface area contributed by atoms with Gasteiger partial charge in [0.1, 0.15) is 0 Å². The highest BCUT2D eigenvalue weighted by molar-refractivity contribution is 7.80. The number of H-pyrrole nitrogens is 1. The Hall–Kier alpha value is -2.70. The zero-order valence-electron chi connectivity index (χ0n) is 20.7. The van der Waals surface area contributed by atoms with E-state index in [-0.39, 0.29) is 11.6 Å². The van der Waals surface area contributed by atoms with Gasteiger partial charge in [-0.25, -0.2) is 0 Å². The van der Waals surface area contributed by atoms with Crippen molar-refractivity contribution >= 4 is 28.2 Å². The van der Waals surface area contributed by atoms with Crippen LogP contribution >= 0.6 is 12.2 Å². The summed E-state index contributed by atoms with van der Waals surface area (Å²) in [5.74, 6) is 0. The van der Waals surface area contributed by atoms with Gasteiger partial charge in [-0.3, -0.25) is 9.69 Å². The Balaban J connectivity index is 1.61. The molecule has 1 aliphatic rings. The van der Waals surface area contributed by atoms with Gasteiger partial charge in [-0.15, -0.1) is 0 Å². The summed E-state index contributed by atoms with van der Waals surface area (Å²) in [6.07, 6.45) is 2.37. The highest BCUT2D eigenvalue weighted by Gasteiger charge is 2.27. The van der Waals surface area contributed by atoms with E-state index in [1.165, 1.54) is 17.5 Å². The fraction of sp³-hybridized carbons (Fsp3) is 0.429. The van der Waals surface area contributed by atoms with Crippen molar-refractivity contribution in [3.63, 3.8) is 0 Å². The molecule has 0 spiro atoms. The van der Waals surface area contributed by atoms with Crippen LogP contribution in [-0.4, -0.2) is 45.6 Å². The lowest BCUT2D eigenvalue weighted by atomic mass is 10.0. The summed E-state index contributed by atoms with van der Waals surface area (Å²) >= 11 is 5.92. The molecule has 0 radical (unpaired) electrons. The molecule has 180 valence electrons. The van der Waals surface area contributed by atoms with Crippen LogP contribution in [0.1, 0.15) is 55.0 Å². The Morgan fingerprint density at radius 1 is 1.24 bits per heavy atom. The van der Waals surface area contributed by atoms with Crippen LogP contribution in [0.2, 0.25) is 0 Å². The van der Waals surface area contributed by atoms with Gasteiger partial charge in [-0.1, -0.05) is 49.4 Å². The highest BCUT2D eigenvalue weighted by atomic mass is 32.1. The van der Waals surface area contributed by atoms with Crippen molar-refractivity contribution in [1.29, 1.82) is 0 Å². The van der Waals surface area contributed by atoms with E-state index in [1.807, 2.05) is 24.3 Å². The Morgan fingerprint density at radius 2 is 2.00 bits per heavy atom. The van der Waals surface area contributed by atoms with Gasteiger partial charge < -0.3 is 15.2 Å². The molecule has 3 aromatic rings. The quantitative estimate of drug-likeness (QED) is 0.467. The molecule has 1 fully saturated rings. The van der Waals surface area contributed by atoms with Crippen LogP contribution in [0.5, 0.6) is 0 Å². The first-order valence-corrected chi connectivity index (χ1v) is 12.7. The van der Waals surface area contributed by atoms with Gasteiger partial charge in [0, 0.05) is 18.2 Å². The number of aryl methyl sites for hydroxylation is 2. The van der Waals surface area contributed by atoms with E-state index < -0.39 is 0 Å². The molecular weight excluding hydrogens is 440 g/mol. The number of nitrogens with zero attached hydrogens (tertiary/aromatic N) is 2. The summed E-state index contributed by atoms with van der Waals surface area (Å²) in [6.45, 7) is 11.9. The van der Waals surface area contributed by atoms with Gasteiger partial charge in [0.25, 0.3) is 5.56 Å². The lowest BCUT2D eigenvalue weighted by molar-refractivity contribution is 0.218. The zero-order chi connectivity index (χ0) is 24.2. The first-order valence-electron chi connectivity index (χ1n) is 12.3. The van der Waals surface area contributed by atoms with Crippen molar-refractivity contribution in [2.45, 2.75) is 59.2 Å². The third-order valence-corrected chi connectivity index (χ3v) is 7.63. The molecule has 1 saturated heterocycles. The second-order valence-electron chi connectivity index (χ2n) is 9.48. The van der Waals surface area contributed by atoms with E-state index in [1.54, 1.807) is 0 Å². The first-order chi connectivity index (χ1) is 16.4. The summed E-state index contributed by atoms with van der Waals surface area (Å²) < 4.78 is 0. The minimum Gasteiger partial charge on any atom is -0.356 e. The predicted molar refractivity (Wildman–Crippen MR) is 145 cm³/mol. The maximum Gasteiger partial charge on any atom is 0.253 e. The minimum atomic E-state index is -0.0381. The van der Waals surface area contributed by atoms with Crippen molar-refractivity contribution in [3.8, 4) is 0 Å². The molecular formula is C28H36N4OS. The van der Waals surface area contributed by atoms with Crippen molar-refractivity contribution in [2.24, 2.45) is 0 Å². The number of aromatic nitrogens is 1. The van der Waals surface area contributed by atoms with E-state index in [4.69, 9.17) is 12.2 Å². The van der Waals surface area contributed by atoms with E-state index in [9.17, 15) is 4.79 Å². The lowest BCUT2D eigenvalue weighted by Crippen LogP contribution is -2.47. The van der Waals surface area contributed by atoms with E-state index in [0.717, 1.165) is 48.1 Å². The maximum atomic E-state index is 13.1. The molecule has 0 amide bonds. The van der Waals surface area contributed by atoms with Crippen molar-refractivity contribution in [2.75, 3.05) is 19.6 Å². The number of likely N-dealkylation sites (tertiary alicyclic amines) is 1. The Labute approximate surface area is 208 Å². The third-order valence-electron chi connectivity index (χ3n) is 7.25. The monoisotopic (exact) mass is 476 g/mol. The molecule has 1 aromatic heterocycles. The second-order valence-corrected chi connectivity index (χ2v) is 9.87. The molecule has 4 rings (SSSR count). The second kappa shape index (κ2) is 10.7. The van der Waals surface area contributed by atoms with Gasteiger partial charge in [0.05, 0.1) is 18.1 Å². The lowest BCUT2D eigenvalue weighted by Gasteiger charge is -2.33. The molecule has 6 heteroatoms. The summed E-state index contributed by atoms with van der Waals surface area (Å²) in [7, 11) is 0. The summed E-state index contributed by atoms with van der Waals surface area (Å²) in [5.41, 5.74) is 5.12. The average molecular weight is 477 g/mol. The molecule has 0 bridgehead atoms. The van der Waals surface area contributed by atoms with Gasteiger partial charge in [-0.2, -0.15) is 0 Å². The Bertz CT molecular complexity index is 1210. The average Bonchev–Trinajstić information content (AvgIpc) is 3.29. The number of hydrogen-bond acceptors (Lipinski definition) is 3. The molecule has 2 atom stereocenters. The van der Waals surface area contributed by atoms with Gasteiger partial charge in [0.2, 0.25) is 0 Å². The zero-order valence-corrected chi connectivity index (χ0v) is 21.5. The molecule has 5 nitrogen and oxygen atoms in total. The minimum absolute atomic E-state index is 0.0381. The highest BCUT2D eigenvalue weighted by Crippen LogP contribution is 2.22. The number of thiocarbonyl (C=S) groups is 1. The number of fused-ring (bicyclic) bond motifs is 1. The maximum absolute atomic E-state index is 13.1. The molecule has 0 saturated carbocycles. The summed E-state index contributed by atoms with van der Waals surface area (Å²) in [5, 5.41) is 5.28. The predicted octanol–water partition coefficient (Wildman–Crippen LogP) is 5.07. The molecule has 2 heterocycles. The number of pyridine rings is 1. The number of aromatic amines is 1. The smallest absolute Gasteiger partial charge is 0.253 e. The van der Waals surface area contributed by atoms with Crippen LogP contribution in [0.3, 0.4) is 0 Å². The summed E-state index contributed by atoms with van der Waals surface area (Å²) in [4.78, 5) is 20.9. The number of nitrogens with one attached hydrogen (secondary N) is 2. The van der Waals surface area contributed by atoms with E-state index >= 15 is 0 Å². The van der Waals surface area contributed by atoms with Crippen LogP contribution in [0.15, 0.2) is 53.3 Å². The number of likely N-dealkylation sites (N-methyl/N-ethyl adjacent to an activating group) is 1.